The summed E-state index contributed by atoms with van der Waals surface area (Å²) in [5, 5.41) is 11.4. The third kappa shape index (κ3) is 4.69. The highest BCUT2D eigenvalue weighted by molar-refractivity contribution is 5.93. The molecule has 8 heteroatoms. The van der Waals surface area contributed by atoms with Crippen LogP contribution >= 0.6 is 0 Å². The van der Waals surface area contributed by atoms with Gasteiger partial charge in [-0.1, -0.05) is 0 Å². The molecule has 20 heavy (non-hydrogen) atoms. The van der Waals surface area contributed by atoms with E-state index in [2.05, 4.69) is 5.32 Å². The Morgan fingerprint density at radius 2 is 2.10 bits per heavy atom. The van der Waals surface area contributed by atoms with Crippen molar-refractivity contribution in [3.8, 4) is 0 Å². The molecular formula is C12H15F3N2O3. The first-order chi connectivity index (χ1) is 9.21. The predicted octanol–water partition coefficient (Wildman–Crippen LogP) is 1.28. The third-order valence-corrected chi connectivity index (χ3v) is 2.54. The second-order valence-electron chi connectivity index (χ2n) is 4.36. The average molecular weight is 292 g/mol. The van der Waals surface area contributed by atoms with Crippen molar-refractivity contribution < 1.29 is 23.1 Å². The number of aliphatic hydroxyl groups excluding tert-OH is 1. The molecule has 1 rings (SSSR count). The lowest BCUT2D eigenvalue weighted by molar-refractivity contribution is -0.141. The first-order valence-electron chi connectivity index (χ1n) is 5.98. The Morgan fingerprint density at radius 3 is 2.60 bits per heavy atom. The number of halogens is 3. The van der Waals surface area contributed by atoms with Gasteiger partial charge in [0.2, 0.25) is 0 Å². The summed E-state index contributed by atoms with van der Waals surface area (Å²) in [6, 6.07) is 1.48. The van der Waals surface area contributed by atoms with E-state index in [0.717, 1.165) is 6.07 Å². The quantitative estimate of drug-likeness (QED) is 0.715. The van der Waals surface area contributed by atoms with E-state index in [0.29, 0.717) is 18.9 Å². The SMILES string of the molecule is CC(O)CCCNC(=O)c1ccc(C(F)(F)F)[nH]c1=O. The first kappa shape index (κ1) is 16.2. The molecule has 0 aliphatic heterocycles. The Labute approximate surface area is 112 Å². The van der Waals surface area contributed by atoms with Gasteiger partial charge in [-0.25, -0.2) is 0 Å². The van der Waals surface area contributed by atoms with Crippen molar-refractivity contribution >= 4 is 5.91 Å². The molecule has 1 aromatic rings. The number of carbonyl (C=O) groups is 1. The number of rotatable bonds is 5. The summed E-state index contributed by atoms with van der Waals surface area (Å²) < 4.78 is 37.0. The number of alkyl halides is 3. The van der Waals surface area contributed by atoms with E-state index >= 15 is 0 Å². The Hall–Kier alpha value is -1.83. The topological polar surface area (TPSA) is 82.2 Å². The van der Waals surface area contributed by atoms with Gasteiger partial charge in [-0.05, 0) is 31.9 Å². The van der Waals surface area contributed by atoms with Crippen LogP contribution in [0.2, 0.25) is 0 Å². The minimum atomic E-state index is -4.66. The van der Waals surface area contributed by atoms with E-state index in [4.69, 9.17) is 5.11 Å². The molecule has 112 valence electrons. The highest BCUT2D eigenvalue weighted by Gasteiger charge is 2.32. The number of aromatic nitrogens is 1. The van der Waals surface area contributed by atoms with E-state index in [-0.39, 0.29) is 12.1 Å². The summed E-state index contributed by atoms with van der Waals surface area (Å²) in [4.78, 5) is 24.6. The number of hydrogen-bond acceptors (Lipinski definition) is 3. The molecular weight excluding hydrogens is 277 g/mol. The molecule has 0 radical (unpaired) electrons. The molecule has 1 heterocycles. The molecule has 0 bridgehead atoms. The molecule has 5 nitrogen and oxygen atoms in total. The maximum absolute atomic E-state index is 12.3. The zero-order valence-electron chi connectivity index (χ0n) is 10.8. The fourth-order valence-corrected chi connectivity index (χ4v) is 1.51. The molecule has 0 saturated carbocycles. The number of aliphatic hydroxyl groups is 1. The number of carbonyl (C=O) groups excluding carboxylic acids is 1. The maximum Gasteiger partial charge on any atom is 0.431 e. The molecule has 1 unspecified atom stereocenters. The Kier molecular flexibility index (Phi) is 5.32. The van der Waals surface area contributed by atoms with Crippen molar-refractivity contribution in [3.05, 3.63) is 33.7 Å². The lowest BCUT2D eigenvalue weighted by Gasteiger charge is -2.08. The third-order valence-electron chi connectivity index (χ3n) is 2.54. The highest BCUT2D eigenvalue weighted by Crippen LogP contribution is 2.26. The van der Waals surface area contributed by atoms with Crippen LogP contribution in [0.15, 0.2) is 16.9 Å². The van der Waals surface area contributed by atoms with Gasteiger partial charge >= 0.3 is 6.18 Å². The molecule has 0 spiro atoms. The molecule has 0 aromatic carbocycles. The van der Waals surface area contributed by atoms with Gasteiger partial charge in [0.25, 0.3) is 11.5 Å². The zero-order valence-corrected chi connectivity index (χ0v) is 10.8. The van der Waals surface area contributed by atoms with Crippen LogP contribution in [0, 0.1) is 0 Å². The summed E-state index contributed by atoms with van der Waals surface area (Å²) in [6.07, 6.45) is -4.18. The van der Waals surface area contributed by atoms with Crippen LogP contribution in [0.1, 0.15) is 35.8 Å². The lowest BCUT2D eigenvalue weighted by atomic mass is 10.2. The first-order valence-corrected chi connectivity index (χ1v) is 5.98. The van der Waals surface area contributed by atoms with Gasteiger partial charge in [0.05, 0.1) is 6.10 Å². The lowest BCUT2D eigenvalue weighted by Crippen LogP contribution is -2.31. The Balaban J connectivity index is 2.68. The van der Waals surface area contributed by atoms with Gasteiger partial charge in [0.15, 0.2) is 0 Å². The molecule has 0 aliphatic rings. The van der Waals surface area contributed by atoms with E-state index < -0.39 is 29.4 Å². The van der Waals surface area contributed by atoms with E-state index in [9.17, 15) is 22.8 Å². The Morgan fingerprint density at radius 1 is 1.45 bits per heavy atom. The van der Waals surface area contributed by atoms with Crippen LogP contribution in [0.4, 0.5) is 13.2 Å². The van der Waals surface area contributed by atoms with Crippen LogP contribution in [-0.2, 0) is 6.18 Å². The highest BCUT2D eigenvalue weighted by atomic mass is 19.4. The van der Waals surface area contributed by atoms with Gasteiger partial charge < -0.3 is 15.4 Å². The maximum atomic E-state index is 12.3. The van der Waals surface area contributed by atoms with E-state index in [1.165, 1.54) is 0 Å². The number of H-pyrrole nitrogens is 1. The largest absolute Gasteiger partial charge is 0.431 e. The standard InChI is InChI=1S/C12H15F3N2O3/c1-7(18)3-2-6-16-10(19)8-4-5-9(12(13,14)15)17-11(8)20/h4-5,7,18H,2-3,6H2,1H3,(H,16,19)(H,17,20). The second-order valence-corrected chi connectivity index (χ2v) is 4.36. The predicted molar refractivity (Wildman–Crippen MR) is 65.3 cm³/mol. The molecule has 0 fully saturated rings. The monoisotopic (exact) mass is 292 g/mol. The van der Waals surface area contributed by atoms with Crippen LogP contribution in [0.5, 0.6) is 0 Å². The van der Waals surface area contributed by atoms with Crippen molar-refractivity contribution in [2.75, 3.05) is 6.54 Å². The number of nitrogens with one attached hydrogen (secondary N) is 2. The second kappa shape index (κ2) is 6.56. The molecule has 1 aromatic heterocycles. The van der Waals surface area contributed by atoms with Crippen molar-refractivity contribution in [2.45, 2.75) is 32.0 Å². The molecule has 1 amide bonds. The smallest absolute Gasteiger partial charge is 0.393 e. The minimum Gasteiger partial charge on any atom is -0.393 e. The summed E-state index contributed by atoms with van der Waals surface area (Å²) in [7, 11) is 0. The average Bonchev–Trinajstić information content (AvgIpc) is 2.32. The van der Waals surface area contributed by atoms with Gasteiger partial charge in [-0.2, -0.15) is 13.2 Å². The number of pyridine rings is 1. The fraction of sp³-hybridized carbons (Fsp3) is 0.500. The Bertz CT molecular complexity index is 523. The normalized spacial score (nSPS) is 13.1. The van der Waals surface area contributed by atoms with E-state index in [1.807, 2.05) is 0 Å². The number of hydrogen-bond donors (Lipinski definition) is 3. The van der Waals surface area contributed by atoms with Crippen LogP contribution < -0.4 is 10.9 Å². The molecule has 0 aliphatic carbocycles. The van der Waals surface area contributed by atoms with Crippen LogP contribution in [0.25, 0.3) is 0 Å². The zero-order chi connectivity index (χ0) is 15.3. The van der Waals surface area contributed by atoms with Gasteiger partial charge in [-0.3, -0.25) is 9.59 Å². The van der Waals surface area contributed by atoms with Crippen molar-refractivity contribution in [1.82, 2.24) is 10.3 Å². The van der Waals surface area contributed by atoms with Gasteiger partial charge in [-0.15, -0.1) is 0 Å². The summed E-state index contributed by atoms with van der Waals surface area (Å²) >= 11 is 0. The van der Waals surface area contributed by atoms with Crippen molar-refractivity contribution in [1.29, 1.82) is 0 Å². The van der Waals surface area contributed by atoms with Crippen molar-refractivity contribution in [2.24, 2.45) is 0 Å². The van der Waals surface area contributed by atoms with Crippen molar-refractivity contribution in [3.63, 3.8) is 0 Å². The number of amides is 1. The number of aromatic amines is 1. The van der Waals surface area contributed by atoms with Crippen LogP contribution in [-0.4, -0.2) is 28.6 Å². The molecule has 0 saturated heterocycles. The summed E-state index contributed by atoms with van der Waals surface area (Å²) in [5.41, 5.74) is -2.67. The minimum absolute atomic E-state index is 0.226. The van der Waals surface area contributed by atoms with Gasteiger partial charge in [0.1, 0.15) is 11.3 Å². The van der Waals surface area contributed by atoms with Crippen LogP contribution in [0.3, 0.4) is 0 Å². The van der Waals surface area contributed by atoms with E-state index in [1.54, 1.807) is 11.9 Å². The van der Waals surface area contributed by atoms with Gasteiger partial charge in [0, 0.05) is 6.54 Å². The molecule has 3 N–H and O–H groups in total. The fourth-order valence-electron chi connectivity index (χ4n) is 1.51. The molecule has 1 atom stereocenters. The summed E-state index contributed by atoms with van der Waals surface area (Å²) in [5.74, 6) is -0.745. The summed E-state index contributed by atoms with van der Waals surface area (Å²) in [6.45, 7) is 1.83.